The van der Waals surface area contributed by atoms with Gasteiger partial charge in [-0.2, -0.15) is 0 Å². The summed E-state index contributed by atoms with van der Waals surface area (Å²) in [6, 6.07) is 12.8. The van der Waals surface area contributed by atoms with Crippen LogP contribution in [-0.2, 0) is 0 Å². The summed E-state index contributed by atoms with van der Waals surface area (Å²) in [5, 5.41) is 17.5. The van der Waals surface area contributed by atoms with Crippen molar-refractivity contribution in [2.45, 2.75) is 45.2 Å². The van der Waals surface area contributed by atoms with Gasteiger partial charge in [-0.3, -0.25) is 14.9 Å². The van der Waals surface area contributed by atoms with Crippen LogP contribution in [0, 0.1) is 17.0 Å². The lowest BCUT2D eigenvalue weighted by Crippen LogP contribution is -2.28. The molecular formula is C20H23N3O3. The highest BCUT2D eigenvalue weighted by atomic mass is 16.6. The zero-order chi connectivity index (χ0) is 18.7. The fraction of sp³-hybridized carbons (Fsp3) is 0.350. The standard InChI is InChI=1S/C20H23N3O3/c1-3-17(14-6-4-13(2)5-7-14)22-20(24)15-8-11-18(21-16-9-10-16)19(12-15)23(25)26/h4-8,11-12,16-17,21H,3,9-10H2,1-2H3,(H,22,24)/t17-/m1/s1. The van der Waals surface area contributed by atoms with E-state index in [0.29, 0.717) is 17.3 Å². The number of nitro groups is 1. The molecule has 3 rings (SSSR count). The number of amides is 1. The van der Waals surface area contributed by atoms with Crippen molar-refractivity contribution >= 4 is 17.3 Å². The van der Waals surface area contributed by atoms with Crippen LogP contribution in [0.1, 0.15) is 53.7 Å². The molecule has 0 heterocycles. The second-order valence-electron chi connectivity index (χ2n) is 6.75. The number of carbonyl (C=O) groups is 1. The summed E-state index contributed by atoms with van der Waals surface area (Å²) in [4.78, 5) is 23.5. The fourth-order valence-electron chi connectivity index (χ4n) is 2.86. The fourth-order valence-corrected chi connectivity index (χ4v) is 2.86. The Morgan fingerprint density at radius 1 is 1.23 bits per heavy atom. The van der Waals surface area contributed by atoms with Gasteiger partial charge in [0.1, 0.15) is 5.69 Å². The zero-order valence-electron chi connectivity index (χ0n) is 15.0. The smallest absolute Gasteiger partial charge is 0.293 e. The molecule has 136 valence electrons. The van der Waals surface area contributed by atoms with Crippen LogP contribution in [-0.4, -0.2) is 16.9 Å². The first-order valence-corrected chi connectivity index (χ1v) is 8.90. The number of anilines is 1. The average Bonchev–Trinajstić information content (AvgIpc) is 3.44. The number of rotatable bonds is 7. The van der Waals surface area contributed by atoms with Crippen molar-refractivity contribution in [1.29, 1.82) is 0 Å². The minimum absolute atomic E-state index is 0.0621. The number of nitrogens with one attached hydrogen (secondary N) is 2. The first-order valence-electron chi connectivity index (χ1n) is 8.90. The third-order valence-corrected chi connectivity index (χ3v) is 4.59. The molecule has 1 aliphatic carbocycles. The molecule has 1 atom stereocenters. The van der Waals surface area contributed by atoms with Crippen LogP contribution in [0.3, 0.4) is 0 Å². The topological polar surface area (TPSA) is 84.3 Å². The summed E-state index contributed by atoms with van der Waals surface area (Å²) in [5.74, 6) is -0.307. The Bertz CT molecular complexity index is 814. The van der Waals surface area contributed by atoms with E-state index in [2.05, 4.69) is 10.6 Å². The van der Waals surface area contributed by atoms with E-state index in [-0.39, 0.29) is 17.6 Å². The van der Waals surface area contributed by atoms with Crippen molar-refractivity contribution in [3.05, 3.63) is 69.3 Å². The molecule has 0 spiro atoms. The van der Waals surface area contributed by atoms with E-state index in [0.717, 1.165) is 30.4 Å². The molecule has 2 aromatic rings. The Hall–Kier alpha value is -2.89. The van der Waals surface area contributed by atoms with Crippen LogP contribution in [0.15, 0.2) is 42.5 Å². The average molecular weight is 353 g/mol. The molecule has 26 heavy (non-hydrogen) atoms. The predicted molar refractivity (Wildman–Crippen MR) is 101 cm³/mol. The number of nitro benzene ring substituents is 1. The van der Waals surface area contributed by atoms with Crippen LogP contribution in [0.2, 0.25) is 0 Å². The van der Waals surface area contributed by atoms with E-state index < -0.39 is 4.92 Å². The van der Waals surface area contributed by atoms with Gasteiger partial charge in [0.2, 0.25) is 0 Å². The van der Waals surface area contributed by atoms with Crippen LogP contribution in [0.5, 0.6) is 0 Å². The molecule has 6 nitrogen and oxygen atoms in total. The summed E-state index contributed by atoms with van der Waals surface area (Å²) in [7, 11) is 0. The Kier molecular flexibility index (Phi) is 5.21. The Morgan fingerprint density at radius 3 is 2.50 bits per heavy atom. The van der Waals surface area contributed by atoms with Crippen molar-refractivity contribution in [3.8, 4) is 0 Å². The molecule has 2 N–H and O–H groups in total. The van der Waals surface area contributed by atoms with Crippen molar-refractivity contribution in [3.63, 3.8) is 0 Å². The van der Waals surface area contributed by atoms with Gasteiger partial charge in [-0.05, 0) is 43.9 Å². The van der Waals surface area contributed by atoms with E-state index in [1.165, 1.54) is 6.07 Å². The maximum Gasteiger partial charge on any atom is 0.293 e. The predicted octanol–water partition coefficient (Wildman–Crippen LogP) is 4.36. The second kappa shape index (κ2) is 7.56. The van der Waals surface area contributed by atoms with Crippen molar-refractivity contribution in [2.24, 2.45) is 0 Å². The minimum Gasteiger partial charge on any atom is -0.377 e. The third-order valence-electron chi connectivity index (χ3n) is 4.59. The Balaban J connectivity index is 1.78. The number of hydrogen-bond acceptors (Lipinski definition) is 4. The van der Waals surface area contributed by atoms with Gasteiger partial charge >= 0.3 is 0 Å². The normalized spacial score (nSPS) is 14.5. The zero-order valence-corrected chi connectivity index (χ0v) is 15.0. The highest BCUT2D eigenvalue weighted by Gasteiger charge is 2.26. The lowest BCUT2D eigenvalue weighted by atomic mass is 10.0. The lowest BCUT2D eigenvalue weighted by Gasteiger charge is -2.18. The molecule has 1 fully saturated rings. The first kappa shape index (κ1) is 17.9. The van der Waals surface area contributed by atoms with Crippen LogP contribution >= 0.6 is 0 Å². The molecule has 1 amide bonds. The van der Waals surface area contributed by atoms with Crippen molar-refractivity contribution in [1.82, 2.24) is 5.32 Å². The van der Waals surface area contributed by atoms with Gasteiger partial charge in [-0.25, -0.2) is 0 Å². The highest BCUT2D eigenvalue weighted by Crippen LogP contribution is 2.31. The van der Waals surface area contributed by atoms with Gasteiger partial charge < -0.3 is 10.6 Å². The van der Waals surface area contributed by atoms with Gasteiger partial charge in [0, 0.05) is 17.7 Å². The Labute approximate surface area is 152 Å². The van der Waals surface area contributed by atoms with E-state index in [1.54, 1.807) is 12.1 Å². The van der Waals surface area contributed by atoms with Crippen LogP contribution in [0.25, 0.3) is 0 Å². The number of hydrogen-bond donors (Lipinski definition) is 2. The van der Waals surface area contributed by atoms with Crippen molar-refractivity contribution in [2.75, 3.05) is 5.32 Å². The maximum absolute atomic E-state index is 12.6. The first-order chi connectivity index (χ1) is 12.5. The molecule has 0 aromatic heterocycles. The minimum atomic E-state index is -0.446. The van der Waals surface area contributed by atoms with Crippen LogP contribution < -0.4 is 10.6 Å². The van der Waals surface area contributed by atoms with E-state index >= 15 is 0 Å². The SMILES string of the molecule is CC[C@@H](NC(=O)c1ccc(NC2CC2)c([N+](=O)[O-])c1)c1ccc(C)cc1. The third kappa shape index (κ3) is 4.20. The van der Waals surface area contributed by atoms with E-state index in [1.807, 2.05) is 38.1 Å². The molecular weight excluding hydrogens is 330 g/mol. The number of benzene rings is 2. The number of aryl methyl sites for hydroxylation is 1. The molecule has 0 saturated heterocycles. The molecule has 2 aromatic carbocycles. The highest BCUT2D eigenvalue weighted by molar-refractivity contribution is 5.96. The molecule has 0 aliphatic heterocycles. The second-order valence-corrected chi connectivity index (χ2v) is 6.75. The summed E-state index contributed by atoms with van der Waals surface area (Å²) >= 11 is 0. The molecule has 1 saturated carbocycles. The van der Waals surface area contributed by atoms with Gasteiger partial charge in [0.15, 0.2) is 0 Å². The maximum atomic E-state index is 12.6. The van der Waals surface area contributed by atoms with Crippen LogP contribution in [0.4, 0.5) is 11.4 Å². The van der Waals surface area contributed by atoms with Crippen molar-refractivity contribution < 1.29 is 9.72 Å². The molecule has 6 heteroatoms. The molecule has 0 unspecified atom stereocenters. The number of nitrogens with zero attached hydrogens (tertiary/aromatic N) is 1. The van der Waals surface area contributed by atoms with Gasteiger partial charge in [0.05, 0.1) is 11.0 Å². The lowest BCUT2D eigenvalue weighted by molar-refractivity contribution is -0.384. The Morgan fingerprint density at radius 2 is 1.92 bits per heavy atom. The molecule has 0 bridgehead atoms. The largest absolute Gasteiger partial charge is 0.377 e. The summed E-state index contributed by atoms with van der Waals surface area (Å²) < 4.78 is 0. The van der Waals surface area contributed by atoms with Gasteiger partial charge in [0.25, 0.3) is 11.6 Å². The monoisotopic (exact) mass is 353 g/mol. The summed E-state index contributed by atoms with van der Waals surface area (Å²) in [6.45, 7) is 4.01. The number of carbonyl (C=O) groups excluding carboxylic acids is 1. The quantitative estimate of drug-likeness (QED) is 0.572. The molecule has 1 aliphatic rings. The summed E-state index contributed by atoms with van der Waals surface area (Å²) in [5.41, 5.74) is 2.88. The van der Waals surface area contributed by atoms with Gasteiger partial charge in [-0.1, -0.05) is 36.8 Å². The summed E-state index contributed by atoms with van der Waals surface area (Å²) in [6.07, 6.45) is 2.78. The van der Waals surface area contributed by atoms with E-state index in [4.69, 9.17) is 0 Å². The van der Waals surface area contributed by atoms with Gasteiger partial charge in [-0.15, -0.1) is 0 Å². The molecule has 0 radical (unpaired) electrons. The van der Waals surface area contributed by atoms with E-state index in [9.17, 15) is 14.9 Å².